The summed E-state index contributed by atoms with van der Waals surface area (Å²) in [7, 11) is 1.62. The lowest BCUT2D eigenvalue weighted by atomic mass is 10.1. The van der Waals surface area contributed by atoms with Gasteiger partial charge in [-0.2, -0.15) is 0 Å². The van der Waals surface area contributed by atoms with Gasteiger partial charge in [0.25, 0.3) is 0 Å². The van der Waals surface area contributed by atoms with Crippen molar-refractivity contribution in [1.82, 2.24) is 9.55 Å². The molecule has 0 aliphatic carbocycles. The largest absolute Gasteiger partial charge is 0.496 e. The van der Waals surface area contributed by atoms with Crippen LogP contribution >= 0.6 is 0 Å². The Morgan fingerprint density at radius 3 is 2.78 bits per heavy atom. The molecule has 0 atom stereocenters. The molecule has 0 radical (unpaired) electrons. The second-order valence-electron chi connectivity index (χ2n) is 7.23. The van der Waals surface area contributed by atoms with Gasteiger partial charge in [-0.05, 0) is 55.8 Å². The van der Waals surface area contributed by atoms with Crippen LogP contribution in [0.25, 0.3) is 28.4 Å². The predicted octanol–water partition coefficient (Wildman–Crippen LogP) is 5.12. The zero-order chi connectivity index (χ0) is 22.7. The van der Waals surface area contributed by atoms with Crippen molar-refractivity contribution in [2.24, 2.45) is 0 Å². The molecule has 0 aliphatic rings. The highest BCUT2D eigenvalue weighted by Gasteiger charge is 2.16. The number of carboxylic acid groups (broad SMARTS) is 1. The molecule has 0 unspecified atom stereocenters. The molecule has 0 spiro atoms. The fourth-order valence-corrected chi connectivity index (χ4v) is 3.59. The number of carbonyl (C=O) groups is 1. The summed E-state index contributed by atoms with van der Waals surface area (Å²) < 4.78 is 18.6. The van der Waals surface area contributed by atoms with Gasteiger partial charge < -0.3 is 23.6 Å². The minimum Gasteiger partial charge on any atom is -0.496 e. The van der Waals surface area contributed by atoms with E-state index in [2.05, 4.69) is 4.57 Å². The number of oxazole rings is 1. The number of hydrogen-bond acceptors (Lipinski definition) is 5. The number of aryl methyl sites for hydroxylation is 1. The molecule has 1 N–H and O–H groups in total. The molecule has 7 nitrogen and oxygen atoms in total. The third-order valence-corrected chi connectivity index (χ3v) is 5.15. The number of hydrogen-bond donors (Lipinski definition) is 1. The molecule has 4 aromatic rings. The molecule has 4 rings (SSSR count). The van der Waals surface area contributed by atoms with Crippen LogP contribution in [0, 0.1) is 6.92 Å². The van der Waals surface area contributed by atoms with Crippen LogP contribution < -0.4 is 4.74 Å². The summed E-state index contributed by atoms with van der Waals surface area (Å²) in [5.41, 5.74) is 3.41. The molecule has 2 aromatic carbocycles. The highest BCUT2D eigenvalue weighted by Crippen LogP contribution is 2.31. The van der Waals surface area contributed by atoms with E-state index in [4.69, 9.17) is 18.9 Å². The van der Waals surface area contributed by atoms with Crippen LogP contribution in [0.15, 0.2) is 64.9 Å². The molecule has 0 saturated carbocycles. The summed E-state index contributed by atoms with van der Waals surface area (Å²) in [6.45, 7) is 4.50. The predicted molar refractivity (Wildman–Crippen MR) is 122 cm³/mol. The van der Waals surface area contributed by atoms with Crippen LogP contribution in [0.1, 0.15) is 23.9 Å². The van der Waals surface area contributed by atoms with Crippen molar-refractivity contribution < 1.29 is 23.8 Å². The number of rotatable bonds is 8. The van der Waals surface area contributed by atoms with E-state index in [9.17, 15) is 9.90 Å². The van der Waals surface area contributed by atoms with Gasteiger partial charge in [0.05, 0.1) is 25.8 Å². The molecule has 0 saturated heterocycles. The number of methoxy groups -OCH3 is 1. The second kappa shape index (κ2) is 9.01. The number of aliphatic carboxylic acids is 1. The van der Waals surface area contributed by atoms with Crippen molar-refractivity contribution in [2.45, 2.75) is 20.4 Å². The van der Waals surface area contributed by atoms with E-state index in [1.54, 1.807) is 14.0 Å². The fraction of sp³-hybridized carbons (Fsp3) is 0.200. The second-order valence-corrected chi connectivity index (χ2v) is 7.23. The Bertz CT molecular complexity index is 1300. The lowest BCUT2D eigenvalue weighted by Gasteiger charge is -2.06. The minimum atomic E-state index is -1.09. The van der Waals surface area contributed by atoms with Crippen molar-refractivity contribution in [3.05, 3.63) is 77.5 Å². The Kier molecular flexibility index (Phi) is 5.98. The summed E-state index contributed by atoms with van der Waals surface area (Å²) in [6.07, 6.45) is 3.51. The van der Waals surface area contributed by atoms with Crippen LogP contribution in [0.3, 0.4) is 0 Å². The lowest BCUT2D eigenvalue weighted by Crippen LogP contribution is -2.04. The number of nitrogens with zero attached hydrogens (tertiary/aromatic N) is 2. The molecule has 0 amide bonds. The van der Waals surface area contributed by atoms with Gasteiger partial charge in [-0.25, -0.2) is 9.78 Å². The first-order valence-electron chi connectivity index (χ1n) is 10.3. The van der Waals surface area contributed by atoms with Gasteiger partial charge in [-0.15, -0.1) is 0 Å². The number of para-hydroxylation sites is 1. The number of aromatic nitrogens is 2. The highest BCUT2D eigenvalue weighted by atomic mass is 16.5. The van der Waals surface area contributed by atoms with E-state index in [-0.39, 0.29) is 5.76 Å². The minimum absolute atomic E-state index is 0.0756. The zero-order valence-corrected chi connectivity index (χ0v) is 18.2. The van der Waals surface area contributed by atoms with Gasteiger partial charge in [0.1, 0.15) is 17.2 Å². The maximum absolute atomic E-state index is 11.3. The molecular formula is C25H24N2O5. The van der Waals surface area contributed by atoms with Crippen LogP contribution in [0.5, 0.6) is 5.75 Å². The number of benzene rings is 2. The maximum Gasteiger partial charge on any atom is 0.371 e. The standard InChI is InChI=1S/C25H24N2O5/c1-4-31-23(25(28)29)14-17-9-10-21-18(13-17)11-12-27(21)15-20-16(2)32-24(26-20)19-7-5-6-8-22(19)30-3/h5-14H,4,15H2,1-3H3,(H,28,29)/b23-14-. The van der Waals surface area contributed by atoms with Gasteiger partial charge in [-0.1, -0.05) is 18.2 Å². The van der Waals surface area contributed by atoms with Crippen LogP contribution in [0.4, 0.5) is 0 Å². The van der Waals surface area contributed by atoms with E-state index in [0.29, 0.717) is 24.8 Å². The normalized spacial score (nSPS) is 11.7. The molecular weight excluding hydrogens is 408 g/mol. The maximum atomic E-state index is 11.3. The SMILES string of the molecule is CCO/C(=C\c1ccc2c(ccn2Cc2nc(-c3ccccc3OC)oc2C)c1)C(=O)O. The van der Waals surface area contributed by atoms with Crippen molar-refractivity contribution in [1.29, 1.82) is 0 Å². The number of carboxylic acids is 1. The number of ether oxygens (including phenoxy) is 2. The molecule has 0 aliphatic heterocycles. The first-order valence-corrected chi connectivity index (χ1v) is 10.3. The molecule has 2 aromatic heterocycles. The molecule has 0 bridgehead atoms. The topological polar surface area (TPSA) is 86.7 Å². The van der Waals surface area contributed by atoms with Gasteiger partial charge >= 0.3 is 5.97 Å². The zero-order valence-electron chi connectivity index (χ0n) is 18.2. The first kappa shape index (κ1) is 21.2. The Balaban J connectivity index is 1.63. The number of fused-ring (bicyclic) bond motifs is 1. The third kappa shape index (κ3) is 4.23. The fourth-order valence-electron chi connectivity index (χ4n) is 3.59. The van der Waals surface area contributed by atoms with E-state index in [0.717, 1.165) is 33.5 Å². The highest BCUT2D eigenvalue weighted by molar-refractivity contribution is 5.91. The lowest BCUT2D eigenvalue weighted by molar-refractivity contribution is -0.136. The first-order chi connectivity index (χ1) is 15.5. The van der Waals surface area contributed by atoms with Gasteiger partial charge in [0.15, 0.2) is 0 Å². The third-order valence-electron chi connectivity index (χ3n) is 5.15. The van der Waals surface area contributed by atoms with Crippen LogP contribution in [-0.4, -0.2) is 34.3 Å². The Hall–Kier alpha value is -4.00. The van der Waals surface area contributed by atoms with E-state index in [1.807, 2.05) is 61.7 Å². The van der Waals surface area contributed by atoms with Crippen LogP contribution in [-0.2, 0) is 16.1 Å². The van der Waals surface area contributed by atoms with Crippen molar-refractivity contribution >= 4 is 22.9 Å². The van der Waals surface area contributed by atoms with Crippen LogP contribution in [0.2, 0.25) is 0 Å². The quantitative estimate of drug-likeness (QED) is 0.307. The van der Waals surface area contributed by atoms with E-state index < -0.39 is 5.97 Å². The van der Waals surface area contributed by atoms with E-state index >= 15 is 0 Å². The smallest absolute Gasteiger partial charge is 0.371 e. The summed E-state index contributed by atoms with van der Waals surface area (Å²) >= 11 is 0. The molecule has 2 heterocycles. The average molecular weight is 432 g/mol. The summed E-state index contributed by atoms with van der Waals surface area (Å²) in [5, 5.41) is 10.3. The summed E-state index contributed by atoms with van der Waals surface area (Å²) in [5.74, 6) is 0.816. The summed E-state index contributed by atoms with van der Waals surface area (Å²) in [4.78, 5) is 16.0. The van der Waals surface area contributed by atoms with Gasteiger partial charge in [0.2, 0.25) is 11.6 Å². The van der Waals surface area contributed by atoms with Gasteiger partial charge in [-0.3, -0.25) is 0 Å². The van der Waals surface area contributed by atoms with Crippen molar-refractivity contribution in [3.8, 4) is 17.2 Å². The summed E-state index contributed by atoms with van der Waals surface area (Å²) in [6, 6.07) is 15.4. The van der Waals surface area contributed by atoms with Crippen molar-refractivity contribution in [3.63, 3.8) is 0 Å². The molecule has 0 fully saturated rings. The van der Waals surface area contributed by atoms with Crippen molar-refractivity contribution in [2.75, 3.05) is 13.7 Å². The molecule has 32 heavy (non-hydrogen) atoms. The monoisotopic (exact) mass is 432 g/mol. The Labute approximate surface area is 185 Å². The average Bonchev–Trinajstić information content (AvgIpc) is 3.36. The molecule has 7 heteroatoms. The van der Waals surface area contributed by atoms with E-state index in [1.165, 1.54) is 6.08 Å². The Morgan fingerprint density at radius 2 is 2.03 bits per heavy atom. The van der Waals surface area contributed by atoms with Gasteiger partial charge in [0, 0.05) is 17.1 Å². The Morgan fingerprint density at radius 1 is 1.22 bits per heavy atom. The molecule has 164 valence electrons.